The normalized spacial score (nSPS) is 11.3. The number of fused-ring (bicyclic) bond motifs is 1. The van der Waals surface area contributed by atoms with Crippen molar-refractivity contribution in [3.8, 4) is 10.4 Å². The van der Waals surface area contributed by atoms with Crippen molar-refractivity contribution in [2.75, 3.05) is 0 Å². The van der Waals surface area contributed by atoms with Crippen molar-refractivity contribution in [1.29, 1.82) is 0 Å². The van der Waals surface area contributed by atoms with Crippen LogP contribution < -0.4 is 11.2 Å². The number of furan rings is 1. The molecule has 0 radical (unpaired) electrons. The van der Waals surface area contributed by atoms with E-state index in [1.54, 1.807) is 31.1 Å². The average molecular weight is 290 g/mol. The molecule has 0 saturated carbocycles. The van der Waals surface area contributed by atoms with Crippen LogP contribution >= 0.6 is 11.3 Å². The minimum atomic E-state index is -0.273. The van der Waals surface area contributed by atoms with Crippen molar-refractivity contribution in [2.24, 2.45) is 7.05 Å². The van der Waals surface area contributed by atoms with Gasteiger partial charge in [0.1, 0.15) is 4.83 Å². The minimum absolute atomic E-state index is 0.214. The number of aryl methyl sites for hydroxylation is 2. The van der Waals surface area contributed by atoms with Crippen LogP contribution in [0.5, 0.6) is 0 Å². The molecule has 0 aliphatic heterocycles. The SMILES string of the molecule is CCn1c(=O)c2c(C)c(-c3ccoc3)sc2n(C)c1=O. The van der Waals surface area contributed by atoms with Gasteiger partial charge in [0.15, 0.2) is 0 Å². The van der Waals surface area contributed by atoms with Gasteiger partial charge in [-0.05, 0) is 25.5 Å². The summed E-state index contributed by atoms with van der Waals surface area (Å²) >= 11 is 1.45. The van der Waals surface area contributed by atoms with Crippen LogP contribution in [0, 0.1) is 6.92 Å². The summed E-state index contributed by atoms with van der Waals surface area (Å²) in [6.07, 6.45) is 3.25. The van der Waals surface area contributed by atoms with E-state index in [2.05, 4.69) is 0 Å². The van der Waals surface area contributed by atoms with Crippen molar-refractivity contribution in [1.82, 2.24) is 9.13 Å². The summed E-state index contributed by atoms with van der Waals surface area (Å²) in [7, 11) is 1.70. The summed E-state index contributed by atoms with van der Waals surface area (Å²) in [4.78, 5) is 26.3. The lowest BCUT2D eigenvalue weighted by Crippen LogP contribution is -2.38. The predicted molar refractivity (Wildman–Crippen MR) is 79.4 cm³/mol. The molecule has 104 valence electrons. The lowest BCUT2D eigenvalue weighted by Gasteiger charge is -2.05. The fourth-order valence-corrected chi connectivity index (χ4v) is 3.66. The molecule has 0 bridgehead atoms. The molecule has 3 heterocycles. The van der Waals surface area contributed by atoms with Gasteiger partial charge in [0.2, 0.25) is 0 Å². The van der Waals surface area contributed by atoms with Gasteiger partial charge in [-0.3, -0.25) is 13.9 Å². The summed E-state index contributed by atoms with van der Waals surface area (Å²) in [5.74, 6) is 0. The second-order valence-electron chi connectivity index (χ2n) is 4.64. The molecule has 5 nitrogen and oxygen atoms in total. The van der Waals surface area contributed by atoms with Gasteiger partial charge >= 0.3 is 5.69 Å². The van der Waals surface area contributed by atoms with Crippen molar-refractivity contribution < 1.29 is 4.42 Å². The molecule has 0 spiro atoms. The molecular weight excluding hydrogens is 276 g/mol. The number of hydrogen-bond donors (Lipinski definition) is 0. The molecule has 0 atom stereocenters. The number of rotatable bonds is 2. The molecule has 20 heavy (non-hydrogen) atoms. The van der Waals surface area contributed by atoms with Crippen LogP contribution in [0.2, 0.25) is 0 Å². The van der Waals surface area contributed by atoms with Gasteiger partial charge in [-0.25, -0.2) is 4.79 Å². The van der Waals surface area contributed by atoms with Crippen molar-refractivity contribution >= 4 is 21.6 Å². The Morgan fingerprint density at radius 1 is 1.35 bits per heavy atom. The topological polar surface area (TPSA) is 57.1 Å². The van der Waals surface area contributed by atoms with Crippen LogP contribution in [0.15, 0.2) is 32.6 Å². The van der Waals surface area contributed by atoms with Gasteiger partial charge in [-0.2, -0.15) is 0 Å². The Labute approximate surface area is 118 Å². The van der Waals surface area contributed by atoms with Crippen molar-refractivity contribution in [3.05, 3.63) is 45.0 Å². The second-order valence-corrected chi connectivity index (χ2v) is 5.64. The van der Waals surface area contributed by atoms with E-state index < -0.39 is 0 Å². The highest BCUT2D eigenvalue weighted by molar-refractivity contribution is 7.22. The molecule has 0 fully saturated rings. The van der Waals surface area contributed by atoms with E-state index in [-0.39, 0.29) is 11.2 Å². The molecule has 3 aromatic heterocycles. The van der Waals surface area contributed by atoms with E-state index in [4.69, 9.17) is 4.42 Å². The molecule has 3 rings (SSSR count). The number of aromatic nitrogens is 2. The number of nitrogens with zero attached hydrogens (tertiary/aromatic N) is 2. The maximum atomic E-state index is 12.5. The Bertz CT molecular complexity index is 897. The molecule has 6 heteroatoms. The van der Waals surface area contributed by atoms with E-state index in [1.807, 2.05) is 13.0 Å². The lowest BCUT2D eigenvalue weighted by atomic mass is 10.1. The molecule has 3 aromatic rings. The zero-order valence-corrected chi connectivity index (χ0v) is 12.3. The molecule has 0 amide bonds. The van der Waals surface area contributed by atoms with Crippen molar-refractivity contribution in [2.45, 2.75) is 20.4 Å². The molecule has 0 aliphatic rings. The second kappa shape index (κ2) is 4.49. The van der Waals surface area contributed by atoms with Gasteiger partial charge in [0.25, 0.3) is 5.56 Å². The molecule has 0 saturated heterocycles. The van der Waals surface area contributed by atoms with E-state index in [0.717, 1.165) is 16.0 Å². The standard InChI is InChI=1S/C14H14N2O3S/c1-4-16-12(17)10-8(2)11(9-5-6-19-7-9)20-13(10)15(3)14(16)18/h5-7H,4H2,1-3H3. The first-order chi connectivity index (χ1) is 9.56. The first-order valence-corrected chi connectivity index (χ1v) is 7.13. The van der Waals surface area contributed by atoms with Gasteiger partial charge in [0.05, 0.1) is 17.9 Å². The first-order valence-electron chi connectivity index (χ1n) is 6.31. The largest absolute Gasteiger partial charge is 0.472 e. The highest BCUT2D eigenvalue weighted by atomic mass is 32.1. The minimum Gasteiger partial charge on any atom is -0.472 e. The molecule has 0 aromatic carbocycles. The molecule has 0 aliphatic carbocycles. The summed E-state index contributed by atoms with van der Waals surface area (Å²) in [5, 5.41) is 0.621. The van der Waals surface area contributed by atoms with E-state index in [9.17, 15) is 9.59 Å². The Morgan fingerprint density at radius 3 is 2.70 bits per heavy atom. The smallest absolute Gasteiger partial charge is 0.331 e. The van der Waals surface area contributed by atoms with Crippen molar-refractivity contribution in [3.63, 3.8) is 0 Å². The molecule has 0 unspecified atom stereocenters. The average Bonchev–Trinajstić information content (AvgIpc) is 3.04. The van der Waals surface area contributed by atoms with Crippen LogP contribution in [0.3, 0.4) is 0 Å². The fraction of sp³-hybridized carbons (Fsp3) is 0.286. The molecular formula is C14H14N2O3S. The third kappa shape index (κ3) is 1.61. The quantitative estimate of drug-likeness (QED) is 0.728. The zero-order valence-electron chi connectivity index (χ0n) is 11.5. The van der Waals surface area contributed by atoms with E-state index in [1.165, 1.54) is 15.9 Å². The number of hydrogen-bond acceptors (Lipinski definition) is 4. The summed E-state index contributed by atoms with van der Waals surface area (Å²) in [6, 6.07) is 1.86. The summed E-state index contributed by atoms with van der Waals surface area (Å²) in [5.41, 5.74) is 1.34. The fourth-order valence-electron chi connectivity index (χ4n) is 2.42. The Balaban J connectivity index is 2.50. The van der Waals surface area contributed by atoms with E-state index in [0.29, 0.717) is 16.8 Å². The zero-order chi connectivity index (χ0) is 14.4. The summed E-state index contributed by atoms with van der Waals surface area (Å²) in [6.45, 7) is 4.08. The highest BCUT2D eigenvalue weighted by Gasteiger charge is 2.18. The first kappa shape index (κ1) is 12.9. The van der Waals surface area contributed by atoms with E-state index >= 15 is 0 Å². The monoisotopic (exact) mass is 290 g/mol. The highest BCUT2D eigenvalue weighted by Crippen LogP contribution is 2.35. The Morgan fingerprint density at radius 2 is 2.10 bits per heavy atom. The Kier molecular flexibility index (Phi) is 2.90. The predicted octanol–water partition coefficient (Wildman–Crippen LogP) is 2.35. The van der Waals surface area contributed by atoms with Crippen LogP contribution in [-0.2, 0) is 13.6 Å². The summed E-state index contributed by atoms with van der Waals surface area (Å²) < 4.78 is 7.91. The van der Waals surface area contributed by atoms with Crippen LogP contribution in [0.1, 0.15) is 12.5 Å². The van der Waals surface area contributed by atoms with Gasteiger partial charge in [-0.15, -0.1) is 11.3 Å². The van der Waals surface area contributed by atoms with Gasteiger partial charge < -0.3 is 4.42 Å². The third-order valence-corrected chi connectivity index (χ3v) is 4.93. The number of thiophene rings is 1. The molecule has 0 N–H and O–H groups in total. The lowest BCUT2D eigenvalue weighted by molar-refractivity contribution is 0.568. The Hall–Kier alpha value is -2.08. The third-order valence-electron chi connectivity index (χ3n) is 3.51. The van der Waals surface area contributed by atoms with Crippen LogP contribution in [0.4, 0.5) is 0 Å². The van der Waals surface area contributed by atoms with Gasteiger partial charge in [0, 0.05) is 24.0 Å². The maximum absolute atomic E-state index is 12.5. The van der Waals surface area contributed by atoms with Gasteiger partial charge in [-0.1, -0.05) is 0 Å². The maximum Gasteiger partial charge on any atom is 0.331 e. The van der Waals surface area contributed by atoms with Crippen LogP contribution in [-0.4, -0.2) is 9.13 Å². The van der Waals surface area contributed by atoms with Crippen LogP contribution in [0.25, 0.3) is 20.7 Å².